The molecule has 17 heavy (non-hydrogen) atoms. The molecule has 4 heteroatoms. The van der Waals surface area contributed by atoms with Gasteiger partial charge in [-0.15, -0.1) is 0 Å². The van der Waals surface area contributed by atoms with Crippen LogP contribution in [0.15, 0.2) is 24.3 Å². The number of carbonyl (C=O) groups excluding carboxylic acids is 1. The summed E-state index contributed by atoms with van der Waals surface area (Å²) in [6.45, 7) is 4.32. The molecule has 0 bridgehead atoms. The van der Waals surface area contributed by atoms with E-state index in [0.717, 1.165) is 5.56 Å². The van der Waals surface area contributed by atoms with Gasteiger partial charge in [-0.3, -0.25) is 4.79 Å². The van der Waals surface area contributed by atoms with Crippen LogP contribution in [0.1, 0.15) is 31.0 Å². The topological polar surface area (TPSA) is 62.1 Å². The standard InChI is InChI=1S/C13H16N2O2/c1-3-17-13(16)9-15-10(2)12-6-4-11(8-14)5-7-12/h4-7,10,15H,3,9H2,1-2H3. The second kappa shape index (κ2) is 6.66. The SMILES string of the molecule is CCOC(=O)CNC(C)c1ccc(C#N)cc1. The van der Waals surface area contributed by atoms with Gasteiger partial charge in [-0.05, 0) is 31.5 Å². The quantitative estimate of drug-likeness (QED) is 0.786. The summed E-state index contributed by atoms with van der Waals surface area (Å²) in [5, 5.41) is 11.7. The highest BCUT2D eigenvalue weighted by atomic mass is 16.5. The Labute approximate surface area is 101 Å². The summed E-state index contributed by atoms with van der Waals surface area (Å²) in [5.41, 5.74) is 1.67. The lowest BCUT2D eigenvalue weighted by molar-refractivity contribution is -0.142. The maximum atomic E-state index is 11.2. The number of nitrogens with one attached hydrogen (secondary N) is 1. The van der Waals surface area contributed by atoms with Crippen molar-refractivity contribution in [2.75, 3.05) is 13.2 Å². The van der Waals surface area contributed by atoms with Crippen molar-refractivity contribution in [3.05, 3.63) is 35.4 Å². The number of nitrogens with zero attached hydrogens (tertiary/aromatic N) is 1. The lowest BCUT2D eigenvalue weighted by Crippen LogP contribution is -2.27. The Bertz CT molecular complexity index is 406. The minimum Gasteiger partial charge on any atom is -0.465 e. The van der Waals surface area contributed by atoms with Gasteiger partial charge in [-0.25, -0.2) is 0 Å². The van der Waals surface area contributed by atoms with Crippen LogP contribution in [0.2, 0.25) is 0 Å². The summed E-state index contributed by atoms with van der Waals surface area (Å²) in [6, 6.07) is 9.39. The van der Waals surface area contributed by atoms with Gasteiger partial charge in [0.1, 0.15) is 0 Å². The number of carbonyl (C=O) groups is 1. The third-order valence-corrected chi connectivity index (χ3v) is 2.40. The molecule has 0 aliphatic carbocycles. The van der Waals surface area contributed by atoms with Crippen molar-refractivity contribution in [1.29, 1.82) is 5.26 Å². The van der Waals surface area contributed by atoms with Crippen LogP contribution < -0.4 is 5.32 Å². The molecular weight excluding hydrogens is 216 g/mol. The molecular formula is C13H16N2O2. The first kappa shape index (κ1) is 13.2. The van der Waals surface area contributed by atoms with Crippen LogP contribution in [-0.4, -0.2) is 19.1 Å². The largest absolute Gasteiger partial charge is 0.465 e. The fourth-order valence-electron chi connectivity index (χ4n) is 1.41. The van der Waals surface area contributed by atoms with Gasteiger partial charge in [0.25, 0.3) is 0 Å². The molecule has 0 aliphatic rings. The molecule has 0 fully saturated rings. The zero-order valence-corrected chi connectivity index (χ0v) is 10.1. The second-order valence-corrected chi connectivity index (χ2v) is 3.64. The normalized spacial score (nSPS) is 11.6. The average Bonchev–Trinajstić information content (AvgIpc) is 2.36. The molecule has 0 heterocycles. The number of rotatable bonds is 5. The lowest BCUT2D eigenvalue weighted by atomic mass is 10.1. The fraction of sp³-hybridized carbons (Fsp3) is 0.385. The monoisotopic (exact) mass is 232 g/mol. The van der Waals surface area contributed by atoms with E-state index >= 15 is 0 Å². The summed E-state index contributed by atoms with van der Waals surface area (Å²) >= 11 is 0. The molecule has 0 saturated heterocycles. The van der Waals surface area contributed by atoms with Gasteiger partial charge in [-0.2, -0.15) is 5.26 Å². The number of nitriles is 1. The first-order valence-corrected chi connectivity index (χ1v) is 5.56. The van der Waals surface area contributed by atoms with E-state index in [0.29, 0.717) is 12.2 Å². The van der Waals surface area contributed by atoms with Crippen LogP contribution in [0.25, 0.3) is 0 Å². The zero-order valence-electron chi connectivity index (χ0n) is 10.1. The number of esters is 1. The molecule has 1 atom stereocenters. The Morgan fingerprint density at radius 3 is 2.65 bits per heavy atom. The van der Waals surface area contributed by atoms with Gasteiger partial charge < -0.3 is 10.1 Å². The molecule has 0 aliphatic heterocycles. The molecule has 1 aromatic rings. The molecule has 0 spiro atoms. The summed E-state index contributed by atoms with van der Waals surface area (Å²) in [5.74, 6) is -0.256. The molecule has 0 saturated carbocycles. The maximum Gasteiger partial charge on any atom is 0.319 e. The van der Waals surface area contributed by atoms with Crippen LogP contribution in [0.4, 0.5) is 0 Å². The van der Waals surface area contributed by atoms with E-state index in [4.69, 9.17) is 10.00 Å². The predicted molar refractivity (Wildman–Crippen MR) is 64.2 cm³/mol. The molecule has 0 radical (unpaired) electrons. The first-order chi connectivity index (χ1) is 8.17. The third-order valence-electron chi connectivity index (χ3n) is 2.40. The van der Waals surface area contributed by atoms with Gasteiger partial charge in [0.2, 0.25) is 0 Å². The number of hydrogen-bond donors (Lipinski definition) is 1. The minimum absolute atomic E-state index is 0.0483. The molecule has 4 nitrogen and oxygen atoms in total. The highest BCUT2D eigenvalue weighted by molar-refractivity contribution is 5.71. The zero-order chi connectivity index (χ0) is 12.7. The van der Waals surface area contributed by atoms with E-state index in [-0.39, 0.29) is 18.6 Å². The van der Waals surface area contributed by atoms with Crippen molar-refractivity contribution in [3.8, 4) is 6.07 Å². The van der Waals surface area contributed by atoms with Crippen molar-refractivity contribution < 1.29 is 9.53 Å². The van der Waals surface area contributed by atoms with Crippen molar-refractivity contribution in [1.82, 2.24) is 5.32 Å². The van der Waals surface area contributed by atoms with Gasteiger partial charge in [0, 0.05) is 6.04 Å². The highest BCUT2D eigenvalue weighted by Crippen LogP contribution is 2.12. The fourth-order valence-corrected chi connectivity index (χ4v) is 1.41. The molecule has 1 aromatic carbocycles. The molecule has 1 rings (SSSR count). The number of hydrogen-bond acceptors (Lipinski definition) is 4. The lowest BCUT2D eigenvalue weighted by Gasteiger charge is -2.13. The molecule has 1 N–H and O–H groups in total. The Kier molecular flexibility index (Phi) is 5.18. The van der Waals surface area contributed by atoms with Gasteiger partial charge >= 0.3 is 5.97 Å². The number of ether oxygens (including phenoxy) is 1. The number of benzene rings is 1. The Morgan fingerprint density at radius 2 is 2.12 bits per heavy atom. The summed E-state index contributed by atoms with van der Waals surface area (Å²) in [4.78, 5) is 11.2. The summed E-state index contributed by atoms with van der Waals surface area (Å²) in [7, 11) is 0. The van der Waals surface area contributed by atoms with E-state index in [1.165, 1.54) is 0 Å². The van der Waals surface area contributed by atoms with Crippen molar-refractivity contribution in [3.63, 3.8) is 0 Å². The molecule has 0 aromatic heterocycles. The van der Waals surface area contributed by atoms with E-state index in [2.05, 4.69) is 11.4 Å². The van der Waals surface area contributed by atoms with Gasteiger partial charge in [-0.1, -0.05) is 12.1 Å². The van der Waals surface area contributed by atoms with Crippen LogP contribution in [0, 0.1) is 11.3 Å². The Hall–Kier alpha value is -1.86. The summed E-state index contributed by atoms with van der Waals surface area (Å²) < 4.78 is 4.82. The highest BCUT2D eigenvalue weighted by Gasteiger charge is 2.07. The van der Waals surface area contributed by atoms with Crippen LogP contribution in [0.3, 0.4) is 0 Å². The van der Waals surface area contributed by atoms with Gasteiger partial charge in [0.15, 0.2) is 0 Å². The predicted octanol–water partition coefficient (Wildman–Crippen LogP) is 1.77. The Balaban J connectivity index is 2.49. The van der Waals surface area contributed by atoms with Crippen molar-refractivity contribution >= 4 is 5.97 Å². The van der Waals surface area contributed by atoms with E-state index in [1.807, 2.05) is 19.1 Å². The first-order valence-electron chi connectivity index (χ1n) is 5.56. The average molecular weight is 232 g/mol. The summed E-state index contributed by atoms with van der Waals surface area (Å²) in [6.07, 6.45) is 0. The molecule has 90 valence electrons. The second-order valence-electron chi connectivity index (χ2n) is 3.64. The van der Waals surface area contributed by atoms with Crippen molar-refractivity contribution in [2.45, 2.75) is 19.9 Å². The maximum absolute atomic E-state index is 11.2. The third kappa shape index (κ3) is 4.25. The van der Waals surface area contributed by atoms with E-state index in [1.54, 1.807) is 19.1 Å². The Morgan fingerprint density at radius 1 is 1.47 bits per heavy atom. The molecule has 1 unspecified atom stereocenters. The molecule has 0 amide bonds. The van der Waals surface area contributed by atoms with Crippen LogP contribution in [-0.2, 0) is 9.53 Å². The van der Waals surface area contributed by atoms with Gasteiger partial charge in [0.05, 0.1) is 24.8 Å². The van der Waals surface area contributed by atoms with Crippen molar-refractivity contribution in [2.24, 2.45) is 0 Å². The smallest absolute Gasteiger partial charge is 0.319 e. The van der Waals surface area contributed by atoms with E-state index in [9.17, 15) is 4.79 Å². The van der Waals surface area contributed by atoms with E-state index < -0.39 is 0 Å². The minimum atomic E-state index is -0.256. The van der Waals surface area contributed by atoms with Crippen LogP contribution >= 0.6 is 0 Å². The van der Waals surface area contributed by atoms with Crippen LogP contribution in [0.5, 0.6) is 0 Å².